The van der Waals surface area contributed by atoms with Crippen LogP contribution in [0.2, 0.25) is 0 Å². The Hall–Kier alpha value is -0.947. The van der Waals surface area contributed by atoms with Crippen LogP contribution in [0.3, 0.4) is 0 Å². The number of aromatic hydroxyl groups is 1. The van der Waals surface area contributed by atoms with E-state index in [0.717, 1.165) is 5.39 Å². The van der Waals surface area contributed by atoms with Gasteiger partial charge in [0.2, 0.25) is 0 Å². The minimum absolute atomic E-state index is 0. The molecule has 0 unspecified atom stereocenters. The second-order valence-electron chi connectivity index (χ2n) is 2.35. The molecule has 1 N–H and O–H groups in total. The van der Waals surface area contributed by atoms with Gasteiger partial charge in [-0.3, -0.25) is 4.98 Å². The molecule has 0 fully saturated rings. The van der Waals surface area contributed by atoms with Crippen LogP contribution >= 0.6 is 0 Å². The van der Waals surface area contributed by atoms with Crippen molar-refractivity contribution >= 4 is 10.9 Å². The fraction of sp³-hybridized carbons (Fsp3) is 0. The van der Waals surface area contributed by atoms with Crippen molar-refractivity contribution in [1.82, 2.24) is 4.98 Å². The van der Waals surface area contributed by atoms with E-state index in [2.05, 4.69) is 4.98 Å². The molecule has 1 aromatic carbocycles. The van der Waals surface area contributed by atoms with Gasteiger partial charge >= 0.3 is 19.5 Å². The normalized spacial score (nSPS) is 9.33. The summed E-state index contributed by atoms with van der Waals surface area (Å²) in [4.78, 5) is 4.03. The Labute approximate surface area is 83.0 Å². The maximum absolute atomic E-state index is 9.31. The number of hydrogen-bond acceptors (Lipinski definition) is 2. The Balaban J connectivity index is 0.000000720. The minimum Gasteiger partial charge on any atom is -0.506 e. The van der Waals surface area contributed by atoms with Gasteiger partial charge in [-0.25, -0.2) is 0 Å². The average molecular weight is 248 g/mol. The zero-order valence-corrected chi connectivity index (χ0v) is 7.83. The van der Waals surface area contributed by atoms with Crippen molar-refractivity contribution in [3.8, 4) is 5.75 Å². The first-order chi connectivity index (χ1) is 5.38. The third-order valence-corrected chi connectivity index (χ3v) is 1.61. The number of nitrogens with zero attached hydrogens (tertiary/aromatic N) is 1. The fourth-order valence-corrected chi connectivity index (χ4v) is 1.09. The van der Waals surface area contributed by atoms with Crippen molar-refractivity contribution in [2.45, 2.75) is 0 Å². The van der Waals surface area contributed by atoms with Crippen molar-refractivity contribution in [2.75, 3.05) is 0 Å². The predicted octanol–water partition coefficient (Wildman–Crippen LogP) is 1.94. The van der Waals surface area contributed by atoms with E-state index in [4.69, 9.17) is 0 Å². The Morgan fingerprint density at radius 1 is 1.08 bits per heavy atom. The van der Waals surface area contributed by atoms with E-state index < -0.39 is 0 Å². The Morgan fingerprint density at radius 2 is 1.83 bits per heavy atom. The predicted molar refractivity (Wildman–Crippen MR) is 43.4 cm³/mol. The van der Waals surface area contributed by atoms with Crippen LogP contribution in [-0.4, -0.2) is 10.1 Å². The van der Waals surface area contributed by atoms with Gasteiger partial charge in [-0.05, 0) is 12.1 Å². The van der Waals surface area contributed by atoms with E-state index >= 15 is 0 Å². The molecule has 0 aliphatic rings. The molecule has 0 saturated carbocycles. The first-order valence-electron chi connectivity index (χ1n) is 3.40. The first kappa shape index (κ1) is 9.14. The smallest absolute Gasteiger partial charge is 0.506 e. The van der Waals surface area contributed by atoms with Gasteiger partial charge in [0.15, 0.2) is 0 Å². The Kier molecular flexibility index (Phi) is 2.77. The molecule has 0 amide bonds. The maximum atomic E-state index is 9.31. The van der Waals surface area contributed by atoms with Crippen LogP contribution in [0.1, 0.15) is 0 Å². The summed E-state index contributed by atoms with van der Waals surface area (Å²) >= 11 is 0. The second-order valence-corrected chi connectivity index (χ2v) is 2.35. The molecule has 3 heteroatoms. The summed E-state index contributed by atoms with van der Waals surface area (Å²) in [6.07, 6.45) is 1.67. The van der Waals surface area contributed by atoms with Gasteiger partial charge in [0.05, 0.1) is 0 Å². The standard InChI is InChI=1S/C9H7NO.Rh/c11-8-5-1-3-7-4-2-6-10-9(7)8;/h1-6,11H;/q;+3. The van der Waals surface area contributed by atoms with Gasteiger partial charge in [-0.1, -0.05) is 18.2 Å². The molecule has 1 aromatic heterocycles. The maximum Gasteiger partial charge on any atom is 3.00 e. The van der Waals surface area contributed by atoms with Crippen molar-refractivity contribution < 1.29 is 24.6 Å². The second kappa shape index (κ2) is 3.64. The van der Waals surface area contributed by atoms with Crippen molar-refractivity contribution in [3.05, 3.63) is 36.5 Å². The number of pyridine rings is 1. The Morgan fingerprint density at radius 3 is 2.58 bits per heavy atom. The molecule has 0 aliphatic carbocycles. The number of aromatic nitrogens is 1. The van der Waals surface area contributed by atoms with Crippen LogP contribution in [0.15, 0.2) is 36.5 Å². The van der Waals surface area contributed by atoms with Gasteiger partial charge in [0, 0.05) is 11.6 Å². The zero-order valence-electron chi connectivity index (χ0n) is 6.19. The van der Waals surface area contributed by atoms with Crippen LogP contribution in [-0.2, 0) is 19.5 Å². The zero-order chi connectivity index (χ0) is 7.68. The van der Waals surface area contributed by atoms with E-state index in [-0.39, 0.29) is 25.2 Å². The molecule has 0 spiro atoms. The molecule has 0 radical (unpaired) electrons. The molecule has 2 aromatic rings. The number of benzene rings is 1. The number of para-hydroxylation sites is 1. The van der Waals surface area contributed by atoms with Crippen molar-refractivity contribution in [1.29, 1.82) is 0 Å². The van der Waals surface area contributed by atoms with E-state index in [1.807, 2.05) is 18.2 Å². The molecular weight excluding hydrogens is 241 g/mol. The van der Waals surface area contributed by atoms with Crippen LogP contribution in [0.4, 0.5) is 0 Å². The molecule has 0 saturated heterocycles. The summed E-state index contributed by atoms with van der Waals surface area (Å²) in [6.45, 7) is 0. The van der Waals surface area contributed by atoms with Gasteiger partial charge in [-0.2, -0.15) is 0 Å². The molecule has 2 rings (SSSR count). The monoisotopic (exact) mass is 248 g/mol. The molecule has 2 nitrogen and oxygen atoms in total. The Bertz CT molecular complexity index is 384. The van der Waals surface area contributed by atoms with Crippen LogP contribution in [0, 0.1) is 0 Å². The van der Waals surface area contributed by atoms with E-state index in [1.165, 1.54) is 0 Å². The fourth-order valence-electron chi connectivity index (χ4n) is 1.09. The summed E-state index contributed by atoms with van der Waals surface area (Å²) in [6, 6.07) is 9.13. The number of phenolic OH excluding ortho intramolecular Hbond substituents is 1. The summed E-state index contributed by atoms with van der Waals surface area (Å²) in [5.41, 5.74) is 0.662. The number of fused-ring (bicyclic) bond motifs is 1. The largest absolute Gasteiger partial charge is 3.00 e. The quantitative estimate of drug-likeness (QED) is 0.722. The average Bonchev–Trinajstić information content (AvgIpc) is 2.06. The SMILES string of the molecule is Oc1cccc2cccnc12.[Rh+3]. The summed E-state index contributed by atoms with van der Waals surface area (Å²) in [5.74, 6) is 0.239. The topological polar surface area (TPSA) is 33.1 Å². The van der Waals surface area contributed by atoms with E-state index in [1.54, 1.807) is 18.3 Å². The molecule has 1 heterocycles. The number of phenols is 1. The van der Waals surface area contributed by atoms with Crippen molar-refractivity contribution in [2.24, 2.45) is 0 Å². The molecule has 0 aliphatic heterocycles. The molecule has 0 bridgehead atoms. The van der Waals surface area contributed by atoms with Gasteiger partial charge in [-0.15, -0.1) is 0 Å². The third kappa shape index (κ3) is 1.46. The van der Waals surface area contributed by atoms with E-state index in [0.29, 0.717) is 5.52 Å². The van der Waals surface area contributed by atoms with Crippen LogP contribution < -0.4 is 0 Å². The molecule has 60 valence electrons. The van der Waals surface area contributed by atoms with Gasteiger partial charge < -0.3 is 5.11 Å². The van der Waals surface area contributed by atoms with Gasteiger partial charge in [0.25, 0.3) is 0 Å². The van der Waals surface area contributed by atoms with Crippen LogP contribution in [0.5, 0.6) is 5.75 Å². The summed E-state index contributed by atoms with van der Waals surface area (Å²) < 4.78 is 0. The summed E-state index contributed by atoms with van der Waals surface area (Å²) in [7, 11) is 0. The number of rotatable bonds is 0. The molecular formula is C9H7NORh+3. The third-order valence-electron chi connectivity index (χ3n) is 1.61. The number of hydrogen-bond donors (Lipinski definition) is 1. The summed E-state index contributed by atoms with van der Waals surface area (Å²) in [5, 5.41) is 10.3. The molecule has 0 atom stereocenters. The first-order valence-corrected chi connectivity index (χ1v) is 3.40. The van der Waals surface area contributed by atoms with Crippen LogP contribution in [0.25, 0.3) is 10.9 Å². The minimum atomic E-state index is 0. The molecule has 12 heavy (non-hydrogen) atoms. The van der Waals surface area contributed by atoms with Gasteiger partial charge in [0.1, 0.15) is 11.3 Å². The van der Waals surface area contributed by atoms with E-state index in [9.17, 15) is 5.11 Å². The van der Waals surface area contributed by atoms with Crippen molar-refractivity contribution in [3.63, 3.8) is 0 Å².